The van der Waals surface area contributed by atoms with E-state index in [0.717, 1.165) is 46.0 Å². The third kappa shape index (κ3) is 6.73. The molecule has 288 valence electrons. The van der Waals surface area contributed by atoms with Crippen LogP contribution in [0.1, 0.15) is 64.1 Å². The number of carbonyl (C=O) groups is 1. The minimum Gasteiger partial charge on any atom is -0.502 e. The number of methoxy groups -OCH3 is 6. The second kappa shape index (κ2) is 15.4. The van der Waals surface area contributed by atoms with Gasteiger partial charge in [-0.05, 0) is 77.2 Å². The predicted octanol–water partition coefficient (Wildman–Crippen LogP) is 5.49. The minimum atomic E-state index is -1.11. The van der Waals surface area contributed by atoms with Crippen LogP contribution in [-0.4, -0.2) is 69.7 Å². The van der Waals surface area contributed by atoms with Crippen molar-refractivity contribution < 1.29 is 42.7 Å². The van der Waals surface area contributed by atoms with E-state index < -0.39 is 29.1 Å². The fraction of sp³-hybridized carbons (Fsp3) is 0.357. The van der Waals surface area contributed by atoms with Crippen molar-refractivity contribution in [3.05, 3.63) is 115 Å². The van der Waals surface area contributed by atoms with Crippen molar-refractivity contribution in [3.63, 3.8) is 0 Å². The van der Waals surface area contributed by atoms with Gasteiger partial charge >= 0.3 is 5.97 Å². The number of aromatic hydroxyl groups is 1. The lowest BCUT2D eigenvalue weighted by Gasteiger charge is -2.38. The first kappa shape index (κ1) is 37.4. The lowest BCUT2D eigenvalue weighted by molar-refractivity contribution is -0.141. The molecule has 0 radical (unpaired) electrons. The molecule has 55 heavy (non-hydrogen) atoms. The number of hydrogen-bond acceptors (Lipinski definition) is 12. The monoisotopic (exact) mass is 752 g/mol. The van der Waals surface area contributed by atoms with Crippen LogP contribution in [0.4, 0.5) is 0 Å². The second-order valence-corrected chi connectivity index (χ2v) is 13.6. The number of benzene rings is 3. The summed E-state index contributed by atoms with van der Waals surface area (Å²) >= 11 is 0. The molecule has 0 saturated carbocycles. The summed E-state index contributed by atoms with van der Waals surface area (Å²) in [6.45, 7) is 1.12. The first-order valence-corrected chi connectivity index (χ1v) is 18.0. The van der Waals surface area contributed by atoms with Crippen molar-refractivity contribution in [2.24, 2.45) is 0 Å². The first-order chi connectivity index (χ1) is 26.6. The van der Waals surface area contributed by atoms with E-state index in [2.05, 4.69) is 4.90 Å². The lowest BCUT2D eigenvalue weighted by atomic mass is 9.87. The number of rotatable bonds is 12. The van der Waals surface area contributed by atoms with Gasteiger partial charge in [0.25, 0.3) is 5.56 Å². The molecule has 2 aliphatic rings. The van der Waals surface area contributed by atoms with Crippen LogP contribution in [-0.2, 0) is 35.5 Å². The predicted molar refractivity (Wildman–Crippen MR) is 203 cm³/mol. The molecule has 0 unspecified atom stereocenters. The maximum absolute atomic E-state index is 14.2. The average Bonchev–Trinajstić information content (AvgIpc) is 3.21. The van der Waals surface area contributed by atoms with Gasteiger partial charge in [-0.15, -0.1) is 0 Å². The molecule has 2 aliphatic heterocycles. The Bertz CT molecular complexity index is 2370. The molecule has 1 N–H and O–H groups in total. The summed E-state index contributed by atoms with van der Waals surface area (Å²) in [7, 11) is 9.05. The highest BCUT2D eigenvalue weighted by Gasteiger charge is 2.35. The fourth-order valence-electron chi connectivity index (χ4n) is 8.12. The number of pyridine rings is 1. The topological polar surface area (TPSA) is 148 Å². The molecule has 2 atom stereocenters. The zero-order valence-electron chi connectivity index (χ0n) is 31.7. The Morgan fingerprint density at radius 2 is 1.55 bits per heavy atom. The molecule has 7 rings (SSSR count). The Hall–Kier alpha value is -5.95. The number of esters is 1. The maximum atomic E-state index is 14.2. The average molecular weight is 753 g/mol. The summed E-state index contributed by atoms with van der Waals surface area (Å²) in [4.78, 5) is 42.9. The van der Waals surface area contributed by atoms with Crippen molar-refractivity contribution in [1.82, 2.24) is 9.47 Å². The van der Waals surface area contributed by atoms with Crippen LogP contribution in [0.15, 0.2) is 68.6 Å². The second-order valence-electron chi connectivity index (χ2n) is 13.6. The molecule has 0 aliphatic carbocycles. The Morgan fingerprint density at radius 3 is 2.22 bits per heavy atom. The molecule has 13 nitrogen and oxygen atoms in total. The van der Waals surface area contributed by atoms with Gasteiger partial charge in [-0.25, -0.2) is 0 Å². The number of fused-ring (bicyclic) bond motifs is 1. The molecule has 0 spiro atoms. The molecule has 5 aromatic rings. The Balaban J connectivity index is 1.37. The number of carbonyl (C=O) groups excluding carboxylic acids is 1. The summed E-state index contributed by atoms with van der Waals surface area (Å²) in [5.74, 6) is 0.103. The van der Waals surface area contributed by atoms with E-state index in [-0.39, 0.29) is 35.6 Å². The van der Waals surface area contributed by atoms with E-state index in [1.807, 2.05) is 42.5 Å². The summed E-state index contributed by atoms with van der Waals surface area (Å²) in [6.07, 6.45) is 1.90. The molecule has 3 aromatic carbocycles. The van der Waals surface area contributed by atoms with E-state index in [0.29, 0.717) is 48.3 Å². The van der Waals surface area contributed by atoms with E-state index in [4.69, 9.17) is 32.8 Å². The first-order valence-electron chi connectivity index (χ1n) is 18.0. The van der Waals surface area contributed by atoms with Gasteiger partial charge in [0.05, 0.1) is 73.1 Å². The zero-order valence-corrected chi connectivity index (χ0v) is 31.7. The van der Waals surface area contributed by atoms with Crippen molar-refractivity contribution in [3.8, 4) is 34.5 Å². The van der Waals surface area contributed by atoms with Gasteiger partial charge in [0.1, 0.15) is 5.76 Å². The molecule has 4 heterocycles. The van der Waals surface area contributed by atoms with Gasteiger partial charge in [0, 0.05) is 24.7 Å². The lowest BCUT2D eigenvalue weighted by Crippen LogP contribution is -2.36. The van der Waals surface area contributed by atoms with E-state index >= 15 is 0 Å². The number of para-hydroxylation sites is 1. The number of ether oxygens (including phenoxy) is 6. The highest BCUT2D eigenvalue weighted by atomic mass is 16.5. The molecule has 13 heteroatoms. The van der Waals surface area contributed by atoms with Gasteiger partial charge in [0.2, 0.25) is 16.9 Å². The summed E-state index contributed by atoms with van der Waals surface area (Å²) in [5.41, 5.74) is 3.85. The van der Waals surface area contributed by atoms with Crippen LogP contribution in [0.25, 0.3) is 10.9 Å². The normalized spacial score (nSPS) is 15.6. The Morgan fingerprint density at radius 1 is 0.836 bits per heavy atom. The largest absolute Gasteiger partial charge is 0.502 e. The molecule has 0 saturated heterocycles. The smallest absolute Gasteiger partial charge is 0.306 e. The third-order valence-electron chi connectivity index (χ3n) is 10.7. The summed E-state index contributed by atoms with van der Waals surface area (Å²) in [6, 6.07) is 16.0. The van der Waals surface area contributed by atoms with Crippen molar-refractivity contribution in [1.29, 1.82) is 0 Å². The van der Waals surface area contributed by atoms with E-state index in [9.17, 15) is 19.5 Å². The fourth-order valence-corrected chi connectivity index (χ4v) is 8.12. The van der Waals surface area contributed by atoms with Gasteiger partial charge in [-0.3, -0.25) is 19.3 Å². The SMILES string of the molecule is COC(=O)C[C@@H](c1oc(CN2CCc3cc(OC)c(OC)cc3[C@@H]2c2cc(OC)c(OC)c(OC)c2)cc(=O)c1O)c1cc2cccc3c2n(c1=O)CCC3. The molecule has 0 fully saturated rings. The van der Waals surface area contributed by atoms with Crippen molar-refractivity contribution in [2.75, 3.05) is 49.2 Å². The number of aryl methyl sites for hydroxylation is 2. The summed E-state index contributed by atoms with van der Waals surface area (Å²) in [5, 5.41) is 12.1. The van der Waals surface area contributed by atoms with E-state index in [1.54, 1.807) is 39.1 Å². The highest BCUT2D eigenvalue weighted by Crippen LogP contribution is 2.46. The minimum absolute atomic E-state index is 0.105. The van der Waals surface area contributed by atoms with Crippen molar-refractivity contribution in [2.45, 2.75) is 50.7 Å². The molecular formula is C42H44N2O11. The van der Waals surface area contributed by atoms with Crippen LogP contribution >= 0.6 is 0 Å². The maximum Gasteiger partial charge on any atom is 0.306 e. The van der Waals surface area contributed by atoms with Gasteiger partial charge in [0.15, 0.2) is 28.8 Å². The van der Waals surface area contributed by atoms with Crippen molar-refractivity contribution >= 4 is 16.9 Å². The zero-order chi connectivity index (χ0) is 39.0. The number of hydrogen-bond donors (Lipinski definition) is 1. The quantitative estimate of drug-likeness (QED) is 0.161. The van der Waals surface area contributed by atoms with Gasteiger partial charge in [-0.2, -0.15) is 0 Å². The molecular weight excluding hydrogens is 708 g/mol. The standard InChI is InChI=1S/C42H44N2O11/c1-49-32-16-24-12-14-43(38(28(24)20-33(32)50-2)26-17-34(51-3)41(54-6)35(18-26)52-4)22-27-19-31(45)39(47)40(55-27)29(21-36(46)53-5)30-15-25-10-7-9-23-11-8-13-44(37(23)25)42(30)48/h7,9-10,15-20,29,38,47H,8,11-14,21-22H2,1-6H3/t29-,38+/m1/s1. The Labute approximate surface area is 317 Å². The number of nitrogens with zero attached hydrogens (tertiary/aromatic N) is 2. The number of aromatic nitrogens is 1. The van der Waals surface area contributed by atoms with Crippen LogP contribution in [0, 0.1) is 0 Å². The summed E-state index contributed by atoms with van der Waals surface area (Å²) < 4.78 is 41.6. The van der Waals surface area contributed by atoms with Crippen LogP contribution in [0.5, 0.6) is 34.5 Å². The molecule has 0 bridgehead atoms. The van der Waals surface area contributed by atoms with Crippen LogP contribution in [0.2, 0.25) is 0 Å². The Kier molecular flexibility index (Phi) is 10.5. The van der Waals surface area contributed by atoms with Gasteiger partial charge < -0.3 is 42.5 Å². The van der Waals surface area contributed by atoms with Crippen LogP contribution in [0.3, 0.4) is 0 Å². The highest BCUT2D eigenvalue weighted by molar-refractivity contribution is 5.84. The van der Waals surface area contributed by atoms with E-state index in [1.165, 1.54) is 20.3 Å². The van der Waals surface area contributed by atoms with Gasteiger partial charge in [-0.1, -0.05) is 18.2 Å². The molecule has 0 amide bonds. The molecule has 2 aromatic heterocycles. The third-order valence-corrected chi connectivity index (χ3v) is 10.7. The van der Waals surface area contributed by atoms with Crippen LogP contribution < -0.4 is 34.7 Å².